The van der Waals surface area contributed by atoms with Crippen molar-refractivity contribution in [2.75, 3.05) is 19.6 Å². The lowest BCUT2D eigenvalue weighted by Crippen LogP contribution is -2.08. The predicted molar refractivity (Wildman–Crippen MR) is 68.3 cm³/mol. The van der Waals surface area contributed by atoms with Crippen molar-refractivity contribution in [3.05, 3.63) is 35.4 Å². The molecule has 0 radical (unpaired) electrons. The Hall–Kier alpha value is -1.48. The van der Waals surface area contributed by atoms with E-state index in [-0.39, 0.29) is 11.8 Å². The van der Waals surface area contributed by atoms with Crippen LogP contribution in [-0.4, -0.2) is 25.6 Å². The molecule has 0 saturated carbocycles. The summed E-state index contributed by atoms with van der Waals surface area (Å²) in [7, 11) is 1.60. The van der Waals surface area contributed by atoms with Gasteiger partial charge in [-0.05, 0) is 30.7 Å². The number of alkyl halides is 1. The van der Waals surface area contributed by atoms with Gasteiger partial charge >= 0.3 is 5.97 Å². The van der Waals surface area contributed by atoms with E-state index in [1.165, 1.54) is 0 Å². The van der Waals surface area contributed by atoms with Gasteiger partial charge in [-0.3, -0.25) is 0 Å². The van der Waals surface area contributed by atoms with Gasteiger partial charge in [-0.2, -0.15) is 0 Å². The fourth-order valence-corrected chi connectivity index (χ4v) is 1.46. The average Bonchev–Trinajstić information content (AvgIpc) is 2.37. The van der Waals surface area contributed by atoms with E-state index >= 15 is 0 Å². The first-order chi connectivity index (χ1) is 8.21. The molecular weight excluding hydrogens is 240 g/mol. The second kappa shape index (κ2) is 6.97. The Labute approximate surface area is 106 Å². The van der Waals surface area contributed by atoms with Gasteiger partial charge in [0.15, 0.2) is 0 Å². The Morgan fingerprint density at radius 2 is 2.00 bits per heavy atom. The summed E-state index contributed by atoms with van der Waals surface area (Å²) in [6, 6.07) is 7.35. The van der Waals surface area contributed by atoms with Crippen molar-refractivity contribution in [3.8, 4) is 5.75 Å². The van der Waals surface area contributed by atoms with Crippen LogP contribution in [0, 0.1) is 0 Å². The fourth-order valence-electron chi connectivity index (χ4n) is 1.28. The number of hydrogen-bond donors (Lipinski definition) is 0. The summed E-state index contributed by atoms with van der Waals surface area (Å²) in [5, 5.41) is 0. The topological polar surface area (TPSA) is 35.5 Å². The lowest BCUT2D eigenvalue weighted by molar-refractivity contribution is -0.138. The van der Waals surface area contributed by atoms with Gasteiger partial charge in [-0.15, -0.1) is 11.6 Å². The van der Waals surface area contributed by atoms with E-state index in [2.05, 4.69) is 0 Å². The molecule has 1 aromatic rings. The van der Waals surface area contributed by atoms with Crippen LogP contribution in [0.5, 0.6) is 5.75 Å². The third-order valence-corrected chi connectivity index (χ3v) is 2.43. The third-order valence-electron chi connectivity index (χ3n) is 2.14. The molecule has 0 spiro atoms. The van der Waals surface area contributed by atoms with Gasteiger partial charge in [0.25, 0.3) is 0 Å². The number of methoxy groups -OCH3 is 1. The maximum atomic E-state index is 11.5. The lowest BCUT2D eigenvalue weighted by atomic mass is 10.1. The first-order valence-electron chi connectivity index (χ1n) is 5.29. The molecule has 0 amide bonds. The van der Waals surface area contributed by atoms with Gasteiger partial charge in [0.1, 0.15) is 5.75 Å². The van der Waals surface area contributed by atoms with Crippen LogP contribution in [-0.2, 0) is 9.53 Å². The van der Waals surface area contributed by atoms with Gasteiger partial charge in [-0.1, -0.05) is 12.1 Å². The van der Waals surface area contributed by atoms with Crippen LogP contribution in [0.2, 0.25) is 0 Å². The molecule has 3 nitrogen and oxygen atoms in total. The average molecular weight is 255 g/mol. The highest BCUT2D eigenvalue weighted by Gasteiger charge is 2.08. The number of carbonyl (C=O) groups is 1. The van der Waals surface area contributed by atoms with E-state index in [4.69, 9.17) is 21.1 Å². The minimum atomic E-state index is -0.377. The highest BCUT2D eigenvalue weighted by atomic mass is 35.5. The van der Waals surface area contributed by atoms with Crippen LogP contribution in [0.25, 0.3) is 6.08 Å². The van der Waals surface area contributed by atoms with Crippen LogP contribution in [0.1, 0.15) is 12.5 Å². The molecule has 0 aromatic heterocycles. The van der Waals surface area contributed by atoms with Crippen molar-refractivity contribution in [1.29, 1.82) is 0 Å². The van der Waals surface area contributed by atoms with Gasteiger partial charge in [0.2, 0.25) is 0 Å². The number of benzene rings is 1. The molecule has 0 atom stereocenters. The number of esters is 1. The number of rotatable bonds is 5. The van der Waals surface area contributed by atoms with Crippen molar-refractivity contribution in [2.45, 2.75) is 6.92 Å². The van der Waals surface area contributed by atoms with E-state index in [0.29, 0.717) is 12.2 Å². The molecule has 4 heteroatoms. The summed E-state index contributed by atoms with van der Waals surface area (Å²) in [6.07, 6.45) is 1.71. The van der Waals surface area contributed by atoms with Crippen LogP contribution >= 0.6 is 11.6 Å². The molecule has 0 saturated heterocycles. The molecule has 17 heavy (non-hydrogen) atoms. The van der Waals surface area contributed by atoms with Crippen LogP contribution in [0.4, 0.5) is 0 Å². The normalized spacial score (nSPS) is 11.1. The maximum absolute atomic E-state index is 11.5. The molecule has 0 unspecified atom stereocenters. The van der Waals surface area contributed by atoms with Crippen LogP contribution < -0.4 is 4.74 Å². The quantitative estimate of drug-likeness (QED) is 0.460. The highest BCUT2D eigenvalue weighted by molar-refractivity contribution is 6.23. The standard InChI is InChI=1S/C13H15ClO3/c1-3-17-13(15)11(9-14)8-10-4-6-12(16-2)7-5-10/h4-8H,3,9H2,1-2H3/b11-8+. The van der Waals surface area contributed by atoms with Crippen molar-refractivity contribution in [3.63, 3.8) is 0 Å². The van der Waals surface area contributed by atoms with Gasteiger partial charge < -0.3 is 9.47 Å². The molecule has 1 aromatic carbocycles. The van der Waals surface area contributed by atoms with E-state index in [0.717, 1.165) is 11.3 Å². The minimum Gasteiger partial charge on any atom is -0.497 e. The molecule has 0 heterocycles. The zero-order valence-corrected chi connectivity index (χ0v) is 10.7. The van der Waals surface area contributed by atoms with Crippen LogP contribution in [0.3, 0.4) is 0 Å². The number of carbonyl (C=O) groups excluding carboxylic acids is 1. The third kappa shape index (κ3) is 4.11. The lowest BCUT2D eigenvalue weighted by Gasteiger charge is -2.04. The summed E-state index contributed by atoms with van der Waals surface area (Å²) in [5.41, 5.74) is 1.33. The van der Waals surface area contributed by atoms with E-state index in [9.17, 15) is 4.79 Å². The molecule has 0 N–H and O–H groups in total. The Kier molecular flexibility index (Phi) is 5.57. The molecule has 0 aliphatic rings. The summed E-state index contributed by atoms with van der Waals surface area (Å²) in [4.78, 5) is 11.5. The Bertz CT molecular complexity index is 396. The monoisotopic (exact) mass is 254 g/mol. The zero-order chi connectivity index (χ0) is 12.7. The summed E-state index contributed by atoms with van der Waals surface area (Å²) in [5.74, 6) is 0.522. The van der Waals surface area contributed by atoms with Crippen molar-refractivity contribution in [1.82, 2.24) is 0 Å². The molecular formula is C13H15ClO3. The first-order valence-corrected chi connectivity index (χ1v) is 5.82. The maximum Gasteiger partial charge on any atom is 0.335 e. The minimum absolute atomic E-state index is 0.130. The Morgan fingerprint density at radius 1 is 1.35 bits per heavy atom. The number of ether oxygens (including phenoxy) is 2. The molecule has 92 valence electrons. The second-order valence-corrected chi connectivity index (χ2v) is 3.56. The Morgan fingerprint density at radius 3 is 2.47 bits per heavy atom. The summed E-state index contributed by atoms with van der Waals surface area (Å²) in [6.45, 7) is 2.10. The van der Waals surface area contributed by atoms with Gasteiger partial charge in [-0.25, -0.2) is 4.79 Å². The smallest absolute Gasteiger partial charge is 0.335 e. The SMILES string of the molecule is CCOC(=O)/C(=C/c1ccc(OC)cc1)CCl. The number of hydrogen-bond acceptors (Lipinski definition) is 3. The molecule has 0 bridgehead atoms. The van der Waals surface area contributed by atoms with Gasteiger partial charge in [0.05, 0.1) is 25.2 Å². The van der Waals surface area contributed by atoms with E-state index in [1.807, 2.05) is 24.3 Å². The van der Waals surface area contributed by atoms with E-state index < -0.39 is 0 Å². The summed E-state index contributed by atoms with van der Waals surface area (Å²) >= 11 is 5.71. The molecule has 0 fully saturated rings. The van der Waals surface area contributed by atoms with Crippen LogP contribution in [0.15, 0.2) is 29.8 Å². The Balaban J connectivity index is 2.86. The number of halogens is 1. The fraction of sp³-hybridized carbons (Fsp3) is 0.308. The predicted octanol–water partition coefficient (Wildman–Crippen LogP) is 2.88. The van der Waals surface area contributed by atoms with Crippen molar-refractivity contribution >= 4 is 23.6 Å². The largest absolute Gasteiger partial charge is 0.497 e. The van der Waals surface area contributed by atoms with Crippen molar-refractivity contribution in [2.24, 2.45) is 0 Å². The summed E-state index contributed by atoms with van der Waals surface area (Å²) < 4.78 is 9.94. The molecule has 0 aliphatic heterocycles. The molecule has 1 rings (SSSR count). The second-order valence-electron chi connectivity index (χ2n) is 3.30. The van der Waals surface area contributed by atoms with Gasteiger partial charge in [0, 0.05) is 0 Å². The zero-order valence-electron chi connectivity index (χ0n) is 9.90. The van der Waals surface area contributed by atoms with E-state index in [1.54, 1.807) is 20.1 Å². The van der Waals surface area contributed by atoms with Crippen molar-refractivity contribution < 1.29 is 14.3 Å². The highest BCUT2D eigenvalue weighted by Crippen LogP contribution is 2.15. The molecule has 0 aliphatic carbocycles. The first kappa shape index (κ1) is 13.6.